The van der Waals surface area contributed by atoms with Crippen LogP contribution in [0.15, 0.2) is 54.7 Å². The van der Waals surface area contributed by atoms with Crippen molar-refractivity contribution in [2.24, 2.45) is 0 Å². The Morgan fingerprint density at radius 1 is 1.03 bits per heavy atom. The number of imide groups is 1. The average Bonchev–Trinajstić information content (AvgIpc) is 3.27. The van der Waals surface area contributed by atoms with E-state index in [1.807, 2.05) is 12.1 Å². The summed E-state index contributed by atoms with van der Waals surface area (Å²) in [4.78, 5) is 42.3. The van der Waals surface area contributed by atoms with Crippen molar-refractivity contribution in [3.8, 4) is 11.4 Å². The fourth-order valence-electron chi connectivity index (χ4n) is 3.84. The summed E-state index contributed by atoms with van der Waals surface area (Å²) in [5, 5.41) is 16.1. The molecule has 3 heterocycles. The molecule has 0 spiro atoms. The molecule has 1 aliphatic heterocycles. The van der Waals surface area contributed by atoms with Crippen molar-refractivity contribution in [3.63, 3.8) is 0 Å². The van der Waals surface area contributed by atoms with Crippen LogP contribution in [0.1, 0.15) is 26.4 Å². The topological polar surface area (TPSA) is 120 Å². The molecule has 0 N–H and O–H groups in total. The SMILES string of the molecule is COc1ccc(-n2nc(C)c3c4c(cnc32)C(=O)N(c2cccc([N+](=O)[O-])c2)C4=O)cc1. The smallest absolute Gasteiger partial charge is 0.271 e. The predicted octanol–water partition coefficient (Wildman–Crippen LogP) is 3.45. The van der Waals surface area contributed by atoms with Gasteiger partial charge < -0.3 is 4.74 Å². The minimum absolute atomic E-state index is 0.124. The first-order chi connectivity index (χ1) is 15.4. The first kappa shape index (κ1) is 19.4. The number of nitro benzene ring substituents is 1. The normalized spacial score (nSPS) is 13.0. The van der Waals surface area contributed by atoms with Crippen LogP contribution in [0, 0.1) is 17.0 Å². The number of methoxy groups -OCH3 is 1. The van der Waals surface area contributed by atoms with Crippen LogP contribution in [0.3, 0.4) is 0 Å². The summed E-state index contributed by atoms with van der Waals surface area (Å²) in [6.07, 6.45) is 1.34. The monoisotopic (exact) mass is 429 g/mol. The Balaban J connectivity index is 1.66. The third-order valence-corrected chi connectivity index (χ3v) is 5.34. The molecule has 0 unspecified atom stereocenters. The molecule has 4 aromatic rings. The Morgan fingerprint density at radius 2 is 1.78 bits per heavy atom. The lowest BCUT2D eigenvalue weighted by Gasteiger charge is -2.13. The molecule has 2 amide bonds. The second kappa shape index (κ2) is 6.98. The third-order valence-electron chi connectivity index (χ3n) is 5.34. The second-order valence-electron chi connectivity index (χ2n) is 7.16. The van der Waals surface area contributed by atoms with Crippen molar-refractivity contribution in [2.75, 3.05) is 12.0 Å². The summed E-state index contributed by atoms with van der Waals surface area (Å²) in [7, 11) is 1.57. The Kier molecular flexibility index (Phi) is 4.22. The molecule has 10 heteroatoms. The number of aromatic nitrogens is 3. The fraction of sp³-hybridized carbons (Fsp3) is 0.0909. The van der Waals surface area contributed by atoms with E-state index in [1.165, 1.54) is 30.5 Å². The molecule has 0 bridgehead atoms. The van der Waals surface area contributed by atoms with Crippen molar-refractivity contribution >= 4 is 34.2 Å². The Morgan fingerprint density at radius 3 is 2.47 bits per heavy atom. The lowest BCUT2D eigenvalue weighted by Crippen LogP contribution is -2.29. The number of carbonyl (C=O) groups is 2. The van der Waals surface area contributed by atoms with E-state index in [0.29, 0.717) is 28.2 Å². The number of aryl methyl sites for hydroxylation is 1. The zero-order chi connectivity index (χ0) is 22.6. The molecule has 10 nitrogen and oxygen atoms in total. The number of nitrogens with zero attached hydrogens (tertiary/aromatic N) is 5. The highest BCUT2D eigenvalue weighted by Gasteiger charge is 2.40. The quantitative estimate of drug-likeness (QED) is 0.277. The van der Waals surface area contributed by atoms with E-state index in [2.05, 4.69) is 10.1 Å². The molecule has 0 fully saturated rings. The molecule has 2 aromatic carbocycles. The van der Waals surface area contributed by atoms with Gasteiger partial charge in [0.25, 0.3) is 17.5 Å². The first-order valence-electron chi connectivity index (χ1n) is 9.56. The lowest BCUT2D eigenvalue weighted by atomic mass is 10.1. The standard InChI is InChI=1S/C22H15N5O5/c1-12-18-19-17(11-23-20(18)26(24-12)13-6-8-16(32-2)9-7-13)21(28)25(22(19)29)14-4-3-5-15(10-14)27(30)31/h3-11H,1-2H3. The molecule has 0 saturated heterocycles. The number of anilines is 1. The van der Waals surface area contributed by atoms with Crippen LogP contribution in [0.5, 0.6) is 5.75 Å². The number of hydrogen-bond acceptors (Lipinski definition) is 7. The van der Waals surface area contributed by atoms with Crippen LogP contribution in [0.2, 0.25) is 0 Å². The van der Waals surface area contributed by atoms with Gasteiger partial charge in [0.2, 0.25) is 0 Å². The van der Waals surface area contributed by atoms with Gasteiger partial charge in [0.15, 0.2) is 5.65 Å². The van der Waals surface area contributed by atoms with E-state index < -0.39 is 16.7 Å². The summed E-state index contributed by atoms with van der Waals surface area (Å²) in [6, 6.07) is 12.6. The highest BCUT2D eigenvalue weighted by molar-refractivity contribution is 6.37. The van der Waals surface area contributed by atoms with Crippen molar-refractivity contribution in [3.05, 3.63) is 81.7 Å². The number of non-ortho nitro benzene ring substituents is 1. The van der Waals surface area contributed by atoms with Gasteiger partial charge in [0.1, 0.15) is 5.75 Å². The Bertz CT molecular complexity index is 1440. The molecular weight excluding hydrogens is 414 g/mol. The maximum Gasteiger partial charge on any atom is 0.271 e. The number of benzene rings is 2. The Labute approximate surface area is 180 Å². The van der Waals surface area contributed by atoms with Gasteiger partial charge in [-0.05, 0) is 37.3 Å². The Hall–Kier alpha value is -4.60. The average molecular weight is 429 g/mol. The number of carbonyl (C=O) groups excluding carboxylic acids is 2. The van der Waals surface area contributed by atoms with Crippen LogP contribution >= 0.6 is 0 Å². The van der Waals surface area contributed by atoms with E-state index in [-0.39, 0.29) is 22.5 Å². The number of hydrogen-bond donors (Lipinski definition) is 0. The molecule has 158 valence electrons. The summed E-state index contributed by atoms with van der Waals surface area (Å²) < 4.78 is 6.78. The molecule has 0 saturated carbocycles. The van der Waals surface area contributed by atoms with Crippen LogP contribution in [-0.2, 0) is 0 Å². The number of fused-ring (bicyclic) bond motifs is 3. The molecule has 5 rings (SSSR count). The molecule has 2 aromatic heterocycles. The lowest BCUT2D eigenvalue weighted by molar-refractivity contribution is -0.384. The maximum atomic E-state index is 13.3. The van der Waals surface area contributed by atoms with Gasteiger partial charge in [-0.1, -0.05) is 6.07 Å². The molecule has 32 heavy (non-hydrogen) atoms. The molecule has 0 atom stereocenters. The highest BCUT2D eigenvalue weighted by atomic mass is 16.6. The molecular formula is C22H15N5O5. The van der Waals surface area contributed by atoms with Crippen molar-refractivity contribution in [1.29, 1.82) is 0 Å². The van der Waals surface area contributed by atoms with Crippen molar-refractivity contribution in [1.82, 2.24) is 14.8 Å². The zero-order valence-corrected chi connectivity index (χ0v) is 17.0. The molecule has 0 radical (unpaired) electrons. The van der Waals surface area contributed by atoms with Crippen LogP contribution in [0.25, 0.3) is 16.7 Å². The molecule has 0 aliphatic carbocycles. The van der Waals surface area contributed by atoms with Crippen molar-refractivity contribution < 1.29 is 19.2 Å². The van der Waals surface area contributed by atoms with Crippen LogP contribution < -0.4 is 9.64 Å². The number of nitro groups is 1. The van der Waals surface area contributed by atoms with Gasteiger partial charge in [-0.3, -0.25) is 19.7 Å². The maximum absolute atomic E-state index is 13.3. The highest BCUT2D eigenvalue weighted by Crippen LogP contribution is 2.35. The number of amides is 2. The van der Waals surface area contributed by atoms with E-state index in [0.717, 1.165) is 4.90 Å². The predicted molar refractivity (Wildman–Crippen MR) is 114 cm³/mol. The first-order valence-corrected chi connectivity index (χ1v) is 9.56. The largest absolute Gasteiger partial charge is 0.497 e. The van der Waals surface area contributed by atoms with Crippen molar-refractivity contribution in [2.45, 2.75) is 6.92 Å². The fourth-order valence-corrected chi connectivity index (χ4v) is 3.84. The summed E-state index contributed by atoms with van der Waals surface area (Å²) in [5.41, 5.74) is 1.89. The van der Waals surface area contributed by atoms with E-state index >= 15 is 0 Å². The van der Waals surface area contributed by atoms with E-state index in [4.69, 9.17) is 4.74 Å². The van der Waals surface area contributed by atoms with Gasteiger partial charge in [0, 0.05) is 18.3 Å². The third kappa shape index (κ3) is 2.73. The second-order valence-corrected chi connectivity index (χ2v) is 7.16. The van der Waals surface area contributed by atoms with Gasteiger partial charge in [-0.2, -0.15) is 5.10 Å². The van der Waals surface area contributed by atoms with Gasteiger partial charge in [0.05, 0.1) is 45.6 Å². The number of pyridine rings is 1. The minimum Gasteiger partial charge on any atom is -0.497 e. The number of ether oxygens (including phenoxy) is 1. The van der Waals surface area contributed by atoms with E-state index in [1.54, 1.807) is 30.8 Å². The summed E-state index contributed by atoms with van der Waals surface area (Å²) in [6.45, 7) is 1.73. The van der Waals surface area contributed by atoms with E-state index in [9.17, 15) is 19.7 Å². The van der Waals surface area contributed by atoms with Gasteiger partial charge in [-0.15, -0.1) is 0 Å². The zero-order valence-electron chi connectivity index (χ0n) is 17.0. The molecule has 1 aliphatic rings. The van der Waals surface area contributed by atoms with Gasteiger partial charge >= 0.3 is 0 Å². The summed E-state index contributed by atoms with van der Waals surface area (Å²) in [5.74, 6) is -0.476. The van der Waals surface area contributed by atoms with Gasteiger partial charge in [-0.25, -0.2) is 14.6 Å². The summed E-state index contributed by atoms with van der Waals surface area (Å²) >= 11 is 0. The van der Waals surface area contributed by atoms with Crippen LogP contribution in [-0.4, -0.2) is 38.6 Å². The van der Waals surface area contributed by atoms with Crippen LogP contribution in [0.4, 0.5) is 11.4 Å². The minimum atomic E-state index is -0.587. The number of rotatable bonds is 4.